The first-order valence-corrected chi connectivity index (χ1v) is 6.90. The summed E-state index contributed by atoms with van der Waals surface area (Å²) in [5, 5.41) is 0. The number of esters is 1. The minimum absolute atomic E-state index is 0.396. The number of carbonyl (C=O) groups is 2. The fourth-order valence-electron chi connectivity index (χ4n) is 1.79. The lowest BCUT2D eigenvalue weighted by atomic mass is 10.1. The lowest BCUT2D eigenvalue weighted by molar-refractivity contribution is -0.160. The van der Waals surface area contributed by atoms with Gasteiger partial charge in [0.05, 0.1) is 0 Å². The van der Waals surface area contributed by atoms with E-state index < -0.39 is 29.3 Å². The van der Waals surface area contributed by atoms with Gasteiger partial charge in [0.1, 0.15) is 17.2 Å². The SMILES string of the molecule is CC(C)(C)OC(=O)[C@@H]1CCC=CN1C(=O)OC(C)(C)C. The maximum atomic E-state index is 12.2. The molecule has 20 heavy (non-hydrogen) atoms. The van der Waals surface area contributed by atoms with Crippen LogP contribution in [-0.2, 0) is 14.3 Å². The average molecular weight is 283 g/mol. The number of allylic oxidation sites excluding steroid dienone is 1. The number of amides is 1. The Morgan fingerprint density at radius 2 is 1.60 bits per heavy atom. The van der Waals surface area contributed by atoms with Gasteiger partial charge in [-0.3, -0.25) is 4.90 Å². The lowest BCUT2D eigenvalue weighted by Crippen LogP contribution is -2.47. The van der Waals surface area contributed by atoms with Crippen molar-refractivity contribution in [3.63, 3.8) is 0 Å². The normalized spacial score (nSPS) is 19.7. The summed E-state index contributed by atoms with van der Waals surface area (Å²) < 4.78 is 10.7. The average Bonchev–Trinajstić information content (AvgIpc) is 2.24. The van der Waals surface area contributed by atoms with Gasteiger partial charge in [0.15, 0.2) is 0 Å². The second-order valence-corrected chi connectivity index (χ2v) is 6.90. The number of carbonyl (C=O) groups excluding carboxylic acids is 2. The number of hydrogen-bond donors (Lipinski definition) is 0. The molecule has 0 aromatic rings. The van der Waals surface area contributed by atoms with E-state index in [2.05, 4.69) is 0 Å². The van der Waals surface area contributed by atoms with E-state index in [4.69, 9.17) is 9.47 Å². The van der Waals surface area contributed by atoms with Gasteiger partial charge in [-0.25, -0.2) is 9.59 Å². The summed E-state index contributed by atoms with van der Waals surface area (Å²) >= 11 is 0. The first-order chi connectivity index (χ1) is 8.99. The minimum Gasteiger partial charge on any atom is -0.458 e. The number of rotatable bonds is 1. The van der Waals surface area contributed by atoms with E-state index in [-0.39, 0.29) is 0 Å². The topological polar surface area (TPSA) is 55.8 Å². The maximum Gasteiger partial charge on any atom is 0.415 e. The number of ether oxygens (including phenoxy) is 2. The largest absolute Gasteiger partial charge is 0.458 e. The maximum absolute atomic E-state index is 12.2. The monoisotopic (exact) mass is 283 g/mol. The van der Waals surface area contributed by atoms with Crippen molar-refractivity contribution in [1.82, 2.24) is 4.90 Å². The number of nitrogens with zero attached hydrogens (tertiary/aromatic N) is 1. The molecule has 0 saturated carbocycles. The van der Waals surface area contributed by atoms with Gasteiger partial charge in [-0.15, -0.1) is 0 Å². The predicted molar refractivity (Wildman–Crippen MR) is 76.1 cm³/mol. The molecule has 1 amide bonds. The van der Waals surface area contributed by atoms with Crippen LogP contribution in [0.15, 0.2) is 12.3 Å². The van der Waals surface area contributed by atoms with E-state index in [9.17, 15) is 9.59 Å². The number of hydrogen-bond acceptors (Lipinski definition) is 4. The zero-order chi connectivity index (χ0) is 15.6. The van der Waals surface area contributed by atoms with E-state index in [1.165, 1.54) is 4.90 Å². The molecule has 0 aromatic heterocycles. The van der Waals surface area contributed by atoms with Crippen LogP contribution < -0.4 is 0 Å². The van der Waals surface area contributed by atoms with Crippen LogP contribution in [0.2, 0.25) is 0 Å². The molecule has 1 aliphatic rings. The molecular weight excluding hydrogens is 258 g/mol. The molecule has 0 N–H and O–H groups in total. The smallest absolute Gasteiger partial charge is 0.415 e. The van der Waals surface area contributed by atoms with E-state index in [0.29, 0.717) is 6.42 Å². The van der Waals surface area contributed by atoms with Gasteiger partial charge in [0.25, 0.3) is 0 Å². The van der Waals surface area contributed by atoms with Crippen molar-refractivity contribution in [3.8, 4) is 0 Å². The van der Waals surface area contributed by atoms with Crippen LogP contribution in [0.3, 0.4) is 0 Å². The van der Waals surface area contributed by atoms with E-state index in [1.807, 2.05) is 6.08 Å². The third-order valence-corrected chi connectivity index (χ3v) is 2.49. The van der Waals surface area contributed by atoms with Gasteiger partial charge in [0, 0.05) is 6.20 Å². The Morgan fingerprint density at radius 1 is 1.05 bits per heavy atom. The van der Waals surface area contributed by atoms with E-state index in [1.54, 1.807) is 47.7 Å². The van der Waals surface area contributed by atoms with Gasteiger partial charge in [-0.05, 0) is 54.4 Å². The Labute approximate surface area is 120 Å². The van der Waals surface area contributed by atoms with Crippen molar-refractivity contribution in [2.45, 2.75) is 71.6 Å². The minimum atomic E-state index is -0.617. The summed E-state index contributed by atoms with van der Waals surface area (Å²) in [6.07, 6.45) is 4.22. The van der Waals surface area contributed by atoms with Crippen molar-refractivity contribution in [3.05, 3.63) is 12.3 Å². The fourth-order valence-corrected chi connectivity index (χ4v) is 1.79. The molecule has 5 nitrogen and oxygen atoms in total. The van der Waals surface area contributed by atoms with Crippen molar-refractivity contribution in [2.24, 2.45) is 0 Å². The summed E-state index contributed by atoms with van der Waals surface area (Å²) in [7, 11) is 0. The third-order valence-electron chi connectivity index (χ3n) is 2.49. The van der Waals surface area contributed by atoms with Crippen molar-refractivity contribution in [1.29, 1.82) is 0 Å². The van der Waals surface area contributed by atoms with Crippen LogP contribution in [0.25, 0.3) is 0 Å². The van der Waals surface area contributed by atoms with E-state index in [0.717, 1.165) is 6.42 Å². The second-order valence-electron chi connectivity index (χ2n) is 6.90. The molecule has 1 heterocycles. The Balaban J connectivity index is 2.81. The van der Waals surface area contributed by atoms with Crippen molar-refractivity contribution < 1.29 is 19.1 Å². The van der Waals surface area contributed by atoms with Crippen molar-refractivity contribution >= 4 is 12.1 Å². The second kappa shape index (κ2) is 5.85. The quantitative estimate of drug-likeness (QED) is 0.693. The van der Waals surface area contributed by atoms with Crippen molar-refractivity contribution in [2.75, 3.05) is 0 Å². The van der Waals surface area contributed by atoms with Gasteiger partial charge < -0.3 is 9.47 Å². The van der Waals surface area contributed by atoms with Crippen LogP contribution in [0, 0.1) is 0 Å². The molecule has 0 aliphatic carbocycles. The molecule has 1 aliphatic heterocycles. The van der Waals surface area contributed by atoms with Crippen LogP contribution in [0.4, 0.5) is 4.79 Å². The highest BCUT2D eigenvalue weighted by molar-refractivity contribution is 5.82. The van der Waals surface area contributed by atoms with Crippen LogP contribution in [-0.4, -0.2) is 34.2 Å². The Morgan fingerprint density at radius 3 is 2.10 bits per heavy atom. The van der Waals surface area contributed by atoms with Gasteiger partial charge >= 0.3 is 12.1 Å². The lowest BCUT2D eigenvalue weighted by Gasteiger charge is -2.33. The molecule has 5 heteroatoms. The Bertz CT molecular complexity index is 401. The summed E-state index contributed by atoms with van der Waals surface area (Å²) in [6.45, 7) is 10.8. The predicted octanol–water partition coefficient (Wildman–Crippen LogP) is 3.24. The first-order valence-electron chi connectivity index (χ1n) is 6.90. The molecule has 0 spiro atoms. The van der Waals surface area contributed by atoms with Gasteiger partial charge in [-0.1, -0.05) is 6.08 Å². The standard InChI is InChI=1S/C15H25NO4/c1-14(2,3)19-12(17)11-9-7-8-10-16(11)13(18)20-15(4,5)6/h8,10-11H,7,9H2,1-6H3/t11-/m0/s1. The van der Waals surface area contributed by atoms with Crippen LogP contribution in [0.1, 0.15) is 54.4 Å². The fraction of sp³-hybridized carbons (Fsp3) is 0.733. The molecule has 0 bridgehead atoms. The van der Waals surface area contributed by atoms with E-state index >= 15 is 0 Å². The summed E-state index contributed by atoms with van der Waals surface area (Å²) in [5.41, 5.74) is -1.17. The zero-order valence-electron chi connectivity index (χ0n) is 13.2. The molecule has 0 aromatic carbocycles. The highest BCUT2D eigenvalue weighted by atomic mass is 16.6. The molecule has 0 saturated heterocycles. The Kier molecular flexibility index (Phi) is 4.84. The molecule has 1 rings (SSSR count). The molecule has 0 fully saturated rings. The molecule has 0 radical (unpaired) electrons. The summed E-state index contributed by atoms with van der Waals surface area (Å²) in [4.78, 5) is 25.6. The summed E-state index contributed by atoms with van der Waals surface area (Å²) in [6, 6.07) is -0.617. The molecular formula is C15H25NO4. The molecule has 0 unspecified atom stereocenters. The molecule has 114 valence electrons. The van der Waals surface area contributed by atoms with Gasteiger partial charge in [0.2, 0.25) is 0 Å². The third kappa shape index (κ3) is 5.23. The highest BCUT2D eigenvalue weighted by Gasteiger charge is 2.35. The summed E-state index contributed by atoms with van der Waals surface area (Å²) in [5.74, 6) is -0.396. The molecule has 1 atom stereocenters. The van der Waals surface area contributed by atoms with Crippen LogP contribution in [0.5, 0.6) is 0 Å². The first kappa shape index (κ1) is 16.5. The highest BCUT2D eigenvalue weighted by Crippen LogP contribution is 2.21. The van der Waals surface area contributed by atoms with Crippen LogP contribution >= 0.6 is 0 Å². The Hall–Kier alpha value is -1.52. The van der Waals surface area contributed by atoms with Gasteiger partial charge in [-0.2, -0.15) is 0 Å². The zero-order valence-corrected chi connectivity index (χ0v) is 13.2.